The number of aliphatic hydroxyl groups excluding tert-OH is 1. The third kappa shape index (κ3) is 2.41. The van der Waals surface area contributed by atoms with Gasteiger partial charge in [-0.15, -0.1) is 0 Å². The van der Waals surface area contributed by atoms with Crippen LogP contribution in [0.5, 0.6) is 0 Å². The summed E-state index contributed by atoms with van der Waals surface area (Å²) in [7, 11) is 0.968. The Bertz CT molecular complexity index is 225. The Labute approximate surface area is 73.8 Å². The van der Waals surface area contributed by atoms with E-state index in [1.165, 1.54) is 21.1 Å². The number of likely N-dealkylation sites (N-methyl/N-ethyl adjacent to an activating group) is 1. The molecular weight excluding hydrogens is 180 g/mol. The molecule has 0 aromatic heterocycles. The van der Waals surface area contributed by atoms with E-state index >= 15 is 0 Å². The molecule has 0 aliphatic rings. The summed E-state index contributed by atoms with van der Waals surface area (Å²) in [5.41, 5.74) is 0. The molecule has 1 unspecified atom stereocenters. The van der Waals surface area contributed by atoms with E-state index in [4.69, 9.17) is 5.11 Å². The number of aliphatic hydroxyl groups is 1. The molecular formula is C6H16N2O3S. The van der Waals surface area contributed by atoms with E-state index in [0.29, 0.717) is 0 Å². The molecule has 0 fully saturated rings. The zero-order valence-electron chi connectivity index (χ0n) is 7.85. The van der Waals surface area contributed by atoms with Crippen molar-refractivity contribution in [3.63, 3.8) is 0 Å². The lowest BCUT2D eigenvalue weighted by atomic mass is 10.4. The molecule has 74 valence electrons. The van der Waals surface area contributed by atoms with E-state index in [0.717, 1.165) is 8.61 Å². The third-order valence-electron chi connectivity index (χ3n) is 1.71. The second-order valence-corrected chi connectivity index (χ2v) is 5.04. The van der Waals surface area contributed by atoms with Crippen molar-refractivity contribution in [1.29, 1.82) is 0 Å². The minimum atomic E-state index is -3.38. The molecule has 0 heterocycles. The highest BCUT2D eigenvalue weighted by Gasteiger charge is 2.24. The maximum absolute atomic E-state index is 11.4. The molecule has 1 atom stereocenters. The van der Waals surface area contributed by atoms with Crippen molar-refractivity contribution in [1.82, 2.24) is 8.61 Å². The quantitative estimate of drug-likeness (QED) is 0.634. The van der Waals surface area contributed by atoms with Crippen LogP contribution in [0, 0.1) is 0 Å². The summed E-state index contributed by atoms with van der Waals surface area (Å²) in [6, 6.07) is -0.391. The summed E-state index contributed by atoms with van der Waals surface area (Å²) in [5.74, 6) is 0. The van der Waals surface area contributed by atoms with E-state index in [-0.39, 0.29) is 6.61 Å². The number of nitrogens with zero attached hydrogens (tertiary/aromatic N) is 2. The maximum atomic E-state index is 11.4. The molecule has 0 aliphatic heterocycles. The van der Waals surface area contributed by atoms with Crippen LogP contribution in [0.1, 0.15) is 6.92 Å². The van der Waals surface area contributed by atoms with Crippen LogP contribution < -0.4 is 0 Å². The summed E-state index contributed by atoms with van der Waals surface area (Å²) >= 11 is 0. The van der Waals surface area contributed by atoms with Crippen LogP contribution in [-0.4, -0.2) is 55.9 Å². The molecule has 0 aromatic carbocycles. The van der Waals surface area contributed by atoms with Gasteiger partial charge in [-0.2, -0.15) is 17.0 Å². The predicted molar refractivity (Wildman–Crippen MR) is 46.9 cm³/mol. The summed E-state index contributed by atoms with van der Waals surface area (Å²) in [5, 5.41) is 8.73. The summed E-state index contributed by atoms with van der Waals surface area (Å²) in [6.07, 6.45) is 0. The van der Waals surface area contributed by atoms with Crippen LogP contribution in [0.2, 0.25) is 0 Å². The molecule has 0 saturated heterocycles. The lowest BCUT2D eigenvalue weighted by Gasteiger charge is -2.25. The average Bonchev–Trinajstić information content (AvgIpc) is 2.01. The highest BCUT2D eigenvalue weighted by atomic mass is 32.2. The fourth-order valence-corrected chi connectivity index (χ4v) is 1.64. The van der Waals surface area contributed by atoms with Crippen molar-refractivity contribution < 1.29 is 13.5 Å². The Balaban J connectivity index is 4.58. The molecule has 0 aliphatic carbocycles. The number of hydrogen-bond donors (Lipinski definition) is 1. The largest absolute Gasteiger partial charge is 0.395 e. The van der Waals surface area contributed by atoms with Gasteiger partial charge in [0.25, 0.3) is 10.2 Å². The fourth-order valence-electron chi connectivity index (χ4n) is 0.600. The smallest absolute Gasteiger partial charge is 0.281 e. The van der Waals surface area contributed by atoms with Crippen molar-refractivity contribution in [2.45, 2.75) is 13.0 Å². The van der Waals surface area contributed by atoms with Gasteiger partial charge in [0.05, 0.1) is 6.61 Å². The molecule has 0 aromatic rings. The molecule has 1 N–H and O–H groups in total. The number of hydrogen-bond acceptors (Lipinski definition) is 3. The highest BCUT2D eigenvalue weighted by Crippen LogP contribution is 2.05. The molecule has 0 saturated carbocycles. The second kappa shape index (κ2) is 4.18. The predicted octanol–water partition coefficient (Wildman–Crippen LogP) is -0.895. The van der Waals surface area contributed by atoms with E-state index in [2.05, 4.69) is 0 Å². The molecule has 0 bridgehead atoms. The van der Waals surface area contributed by atoms with Crippen molar-refractivity contribution >= 4 is 10.2 Å². The SMILES string of the molecule is CC(CO)N(C)S(=O)(=O)N(C)C. The molecule has 0 radical (unpaired) electrons. The third-order valence-corrected chi connectivity index (χ3v) is 3.72. The van der Waals surface area contributed by atoms with Gasteiger partial charge in [0.15, 0.2) is 0 Å². The van der Waals surface area contributed by atoms with Crippen LogP contribution >= 0.6 is 0 Å². The Morgan fingerprint density at radius 3 is 2.00 bits per heavy atom. The van der Waals surface area contributed by atoms with E-state index in [9.17, 15) is 8.42 Å². The van der Waals surface area contributed by atoms with Crippen LogP contribution in [0.15, 0.2) is 0 Å². The minimum Gasteiger partial charge on any atom is -0.395 e. The Morgan fingerprint density at radius 1 is 1.33 bits per heavy atom. The first-order chi connectivity index (χ1) is 5.34. The zero-order chi connectivity index (χ0) is 9.94. The lowest BCUT2D eigenvalue weighted by Crippen LogP contribution is -2.43. The van der Waals surface area contributed by atoms with Crippen molar-refractivity contribution in [3.05, 3.63) is 0 Å². The average molecular weight is 196 g/mol. The highest BCUT2D eigenvalue weighted by molar-refractivity contribution is 7.86. The summed E-state index contributed by atoms with van der Waals surface area (Å²) in [4.78, 5) is 0. The van der Waals surface area contributed by atoms with Crippen LogP contribution in [0.25, 0.3) is 0 Å². The van der Waals surface area contributed by atoms with Crippen molar-refractivity contribution in [2.24, 2.45) is 0 Å². The fraction of sp³-hybridized carbons (Fsp3) is 1.00. The lowest BCUT2D eigenvalue weighted by molar-refractivity contribution is 0.209. The zero-order valence-corrected chi connectivity index (χ0v) is 8.67. The first kappa shape index (κ1) is 11.8. The molecule has 0 amide bonds. The normalized spacial score (nSPS) is 15.6. The standard InChI is InChI=1S/C6H16N2O3S/c1-6(5-9)8(4)12(10,11)7(2)3/h6,9H,5H2,1-4H3. The number of rotatable bonds is 4. The molecule has 12 heavy (non-hydrogen) atoms. The molecule has 6 heteroatoms. The van der Waals surface area contributed by atoms with E-state index in [1.54, 1.807) is 6.92 Å². The molecule has 0 rings (SSSR count). The van der Waals surface area contributed by atoms with Gasteiger partial charge in [-0.3, -0.25) is 0 Å². The van der Waals surface area contributed by atoms with Gasteiger partial charge >= 0.3 is 0 Å². The van der Waals surface area contributed by atoms with Gasteiger partial charge in [-0.25, -0.2) is 0 Å². The summed E-state index contributed by atoms with van der Waals surface area (Å²) < 4.78 is 25.0. The van der Waals surface area contributed by atoms with Crippen molar-refractivity contribution in [3.8, 4) is 0 Å². The van der Waals surface area contributed by atoms with E-state index in [1.807, 2.05) is 0 Å². The van der Waals surface area contributed by atoms with Crippen LogP contribution in [0.4, 0.5) is 0 Å². The van der Waals surface area contributed by atoms with Gasteiger partial charge in [0, 0.05) is 27.2 Å². The Kier molecular flexibility index (Phi) is 4.12. The Hall–Kier alpha value is -0.170. The van der Waals surface area contributed by atoms with Gasteiger partial charge in [0.1, 0.15) is 0 Å². The van der Waals surface area contributed by atoms with Crippen LogP contribution in [-0.2, 0) is 10.2 Å². The second-order valence-electron chi connectivity index (χ2n) is 2.84. The molecule has 0 spiro atoms. The first-order valence-electron chi connectivity index (χ1n) is 3.60. The monoisotopic (exact) mass is 196 g/mol. The van der Waals surface area contributed by atoms with Crippen LogP contribution in [0.3, 0.4) is 0 Å². The summed E-state index contributed by atoms with van der Waals surface area (Å²) in [6.45, 7) is 1.46. The molecule has 5 nitrogen and oxygen atoms in total. The first-order valence-corrected chi connectivity index (χ1v) is 5.00. The van der Waals surface area contributed by atoms with Gasteiger partial charge in [0.2, 0.25) is 0 Å². The Morgan fingerprint density at radius 2 is 1.75 bits per heavy atom. The topological polar surface area (TPSA) is 60.9 Å². The van der Waals surface area contributed by atoms with Crippen molar-refractivity contribution in [2.75, 3.05) is 27.7 Å². The van der Waals surface area contributed by atoms with E-state index < -0.39 is 16.3 Å². The van der Waals surface area contributed by atoms with Gasteiger partial charge < -0.3 is 5.11 Å². The van der Waals surface area contributed by atoms with Gasteiger partial charge in [-0.05, 0) is 6.92 Å². The minimum absolute atomic E-state index is 0.177. The van der Waals surface area contributed by atoms with Gasteiger partial charge in [-0.1, -0.05) is 0 Å². The maximum Gasteiger partial charge on any atom is 0.281 e.